The number of amides is 1. The Morgan fingerprint density at radius 1 is 1.10 bits per heavy atom. The van der Waals surface area contributed by atoms with Crippen molar-refractivity contribution in [3.8, 4) is 5.75 Å². The summed E-state index contributed by atoms with van der Waals surface area (Å²) in [5.74, 6) is 0.386. The number of carbonyl (C=O) groups excluding carboxylic acids is 1. The molecule has 0 bridgehead atoms. The van der Waals surface area contributed by atoms with Gasteiger partial charge in [-0.3, -0.25) is 14.3 Å². The number of nitrogens with one attached hydrogen (secondary N) is 1. The average molecular weight is 394 g/mol. The second-order valence-corrected chi connectivity index (χ2v) is 6.60. The van der Waals surface area contributed by atoms with E-state index in [-0.39, 0.29) is 17.9 Å². The van der Waals surface area contributed by atoms with Gasteiger partial charge in [-0.15, -0.1) is 0 Å². The summed E-state index contributed by atoms with van der Waals surface area (Å²) < 4.78 is 7.41. The molecular formula is C22H26N4O3. The summed E-state index contributed by atoms with van der Waals surface area (Å²) in [5, 5.41) is 7.53. The van der Waals surface area contributed by atoms with E-state index in [0.717, 1.165) is 19.6 Å². The fourth-order valence-electron chi connectivity index (χ4n) is 3.13. The normalized spacial score (nSPS) is 11.0. The van der Waals surface area contributed by atoms with E-state index >= 15 is 0 Å². The second kappa shape index (κ2) is 9.84. The van der Waals surface area contributed by atoms with Crippen LogP contribution in [-0.4, -0.2) is 46.8 Å². The molecule has 29 heavy (non-hydrogen) atoms. The van der Waals surface area contributed by atoms with Gasteiger partial charge in [-0.1, -0.05) is 38.1 Å². The van der Waals surface area contributed by atoms with Gasteiger partial charge < -0.3 is 15.0 Å². The number of likely N-dealkylation sites (N-methyl/N-ethyl adjacent to an activating group) is 1. The molecule has 0 saturated carbocycles. The maximum absolute atomic E-state index is 12.6. The summed E-state index contributed by atoms with van der Waals surface area (Å²) in [6, 6.07) is 14.5. The predicted molar refractivity (Wildman–Crippen MR) is 114 cm³/mol. The Bertz CT molecular complexity index is 1030. The highest BCUT2D eigenvalue weighted by Gasteiger charge is 2.11. The third-order valence-corrected chi connectivity index (χ3v) is 4.78. The fourth-order valence-corrected chi connectivity index (χ4v) is 3.13. The van der Waals surface area contributed by atoms with Gasteiger partial charge in [-0.2, -0.15) is 5.10 Å². The number of nitrogens with zero attached hydrogens (tertiary/aromatic N) is 3. The van der Waals surface area contributed by atoms with Gasteiger partial charge in [-0.25, -0.2) is 0 Å². The van der Waals surface area contributed by atoms with Gasteiger partial charge in [0.05, 0.1) is 17.4 Å². The Morgan fingerprint density at radius 2 is 1.83 bits per heavy atom. The second-order valence-electron chi connectivity index (χ2n) is 6.60. The molecule has 7 nitrogen and oxygen atoms in total. The minimum atomic E-state index is -0.244. The van der Waals surface area contributed by atoms with Gasteiger partial charge >= 0.3 is 0 Å². The highest BCUT2D eigenvalue weighted by atomic mass is 16.5. The molecular weight excluding hydrogens is 368 g/mol. The molecule has 0 fully saturated rings. The molecule has 0 atom stereocenters. The van der Waals surface area contributed by atoms with E-state index in [1.165, 1.54) is 10.9 Å². The predicted octanol–water partition coefficient (Wildman–Crippen LogP) is 2.76. The largest absolute Gasteiger partial charge is 0.490 e. The van der Waals surface area contributed by atoms with Crippen molar-refractivity contribution in [2.45, 2.75) is 20.4 Å². The summed E-state index contributed by atoms with van der Waals surface area (Å²) >= 11 is 0. The van der Waals surface area contributed by atoms with Crippen molar-refractivity contribution in [2.75, 3.05) is 31.6 Å². The number of para-hydroxylation sites is 3. The van der Waals surface area contributed by atoms with E-state index in [1.807, 2.05) is 30.3 Å². The van der Waals surface area contributed by atoms with E-state index in [4.69, 9.17) is 4.74 Å². The van der Waals surface area contributed by atoms with Gasteiger partial charge in [0.25, 0.3) is 0 Å². The van der Waals surface area contributed by atoms with Crippen molar-refractivity contribution in [1.29, 1.82) is 0 Å². The van der Waals surface area contributed by atoms with Crippen LogP contribution >= 0.6 is 0 Å². The number of fused-ring (bicyclic) bond motifs is 1. The van der Waals surface area contributed by atoms with Crippen LogP contribution in [0, 0.1) is 0 Å². The first-order valence-corrected chi connectivity index (χ1v) is 9.81. The van der Waals surface area contributed by atoms with Crippen LogP contribution in [0.5, 0.6) is 5.75 Å². The third-order valence-electron chi connectivity index (χ3n) is 4.78. The molecule has 0 aliphatic carbocycles. The first-order valence-electron chi connectivity index (χ1n) is 9.81. The van der Waals surface area contributed by atoms with Crippen LogP contribution in [0.1, 0.15) is 13.8 Å². The summed E-state index contributed by atoms with van der Waals surface area (Å²) in [4.78, 5) is 26.8. The van der Waals surface area contributed by atoms with Crippen LogP contribution in [-0.2, 0) is 11.3 Å². The zero-order valence-electron chi connectivity index (χ0n) is 16.8. The van der Waals surface area contributed by atoms with Crippen LogP contribution in [0.3, 0.4) is 0 Å². The molecule has 0 saturated heterocycles. The summed E-state index contributed by atoms with van der Waals surface area (Å²) in [7, 11) is 0. The Balaban J connectivity index is 1.69. The Kier molecular flexibility index (Phi) is 6.97. The highest BCUT2D eigenvalue weighted by molar-refractivity contribution is 5.93. The minimum absolute atomic E-state index is 0.00538. The van der Waals surface area contributed by atoms with Crippen molar-refractivity contribution in [3.05, 3.63) is 65.0 Å². The van der Waals surface area contributed by atoms with E-state index in [2.05, 4.69) is 29.2 Å². The number of benzene rings is 2. The van der Waals surface area contributed by atoms with Crippen molar-refractivity contribution in [3.63, 3.8) is 0 Å². The molecule has 2 aromatic carbocycles. The lowest BCUT2D eigenvalue weighted by Crippen LogP contribution is -2.28. The van der Waals surface area contributed by atoms with Gasteiger partial charge in [-0.05, 0) is 37.4 Å². The lowest BCUT2D eigenvalue weighted by Gasteiger charge is -2.19. The van der Waals surface area contributed by atoms with Crippen LogP contribution < -0.4 is 15.5 Å². The van der Waals surface area contributed by atoms with Gasteiger partial charge in [0.2, 0.25) is 11.3 Å². The van der Waals surface area contributed by atoms with Crippen molar-refractivity contribution >= 4 is 22.5 Å². The molecule has 1 N–H and O–H groups in total. The molecule has 1 aromatic heterocycles. The van der Waals surface area contributed by atoms with Crippen LogP contribution in [0.2, 0.25) is 0 Å². The highest BCUT2D eigenvalue weighted by Crippen LogP contribution is 2.23. The third kappa shape index (κ3) is 5.20. The molecule has 0 radical (unpaired) electrons. The number of hydrogen-bond donors (Lipinski definition) is 1. The Labute approximate surface area is 169 Å². The van der Waals surface area contributed by atoms with E-state index in [0.29, 0.717) is 28.9 Å². The van der Waals surface area contributed by atoms with Crippen molar-refractivity contribution in [1.82, 2.24) is 14.7 Å². The fraction of sp³-hybridized carbons (Fsp3) is 0.318. The molecule has 0 aliphatic heterocycles. The number of anilines is 1. The maximum Gasteiger partial charge on any atom is 0.246 e. The maximum atomic E-state index is 12.6. The topological polar surface area (TPSA) is 76.5 Å². The first kappa shape index (κ1) is 20.5. The average Bonchev–Trinajstić information content (AvgIpc) is 2.74. The quantitative estimate of drug-likeness (QED) is 0.604. The lowest BCUT2D eigenvalue weighted by molar-refractivity contribution is -0.116. The number of hydrogen-bond acceptors (Lipinski definition) is 5. The van der Waals surface area contributed by atoms with E-state index in [9.17, 15) is 9.59 Å². The monoisotopic (exact) mass is 394 g/mol. The molecule has 1 amide bonds. The van der Waals surface area contributed by atoms with E-state index < -0.39 is 0 Å². The summed E-state index contributed by atoms with van der Waals surface area (Å²) in [6.45, 7) is 7.54. The molecule has 3 aromatic rings. The van der Waals surface area contributed by atoms with Crippen molar-refractivity contribution in [2.24, 2.45) is 0 Å². The Morgan fingerprint density at radius 3 is 2.62 bits per heavy atom. The SMILES string of the molecule is CCN(CC)CCOc1ccccc1NC(=O)Cn1ncc(=O)c2ccccc21. The molecule has 0 unspecified atom stereocenters. The number of rotatable bonds is 9. The van der Waals surface area contributed by atoms with E-state index in [1.54, 1.807) is 18.2 Å². The van der Waals surface area contributed by atoms with Gasteiger partial charge in [0.1, 0.15) is 18.9 Å². The standard InChI is InChI=1S/C22H26N4O3/c1-3-25(4-2)13-14-29-21-12-8-6-10-18(21)24-22(28)16-26-19-11-7-5-9-17(19)20(27)15-23-26/h5-12,15H,3-4,13-14,16H2,1-2H3,(H,24,28). The molecule has 152 valence electrons. The van der Waals surface area contributed by atoms with Crippen LogP contribution in [0.15, 0.2) is 59.5 Å². The molecule has 7 heteroatoms. The molecule has 0 aliphatic rings. The molecule has 0 spiro atoms. The van der Waals surface area contributed by atoms with Crippen LogP contribution in [0.25, 0.3) is 10.9 Å². The lowest BCUT2D eigenvalue weighted by atomic mass is 10.2. The Hall–Kier alpha value is -3.19. The first-order chi connectivity index (χ1) is 14.1. The number of aromatic nitrogens is 2. The number of carbonyl (C=O) groups is 1. The molecule has 3 rings (SSSR count). The molecule has 1 heterocycles. The van der Waals surface area contributed by atoms with Crippen molar-refractivity contribution < 1.29 is 9.53 Å². The van der Waals surface area contributed by atoms with Crippen LogP contribution in [0.4, 0.5) is 5.69 Å². The summed E-state index contributed by atoms with van der Waals surface area (Å²) in [6.07, 6.45) is 1.24. The van der Waals surface area contributed by atoms with Gasteiger partial charge in [0.15, 0.2) is 0 Å². The summed E-state index contributed by atoms with van der Waals surface area (Å²) in [5.41, 5.74) is 1.07. The number of ether oxygens (including phenoxy) is 1. The zero-order chi connectivity index (χ0) is 20.6. The van der Waals surface area contributed by atoms with Gasteiger partial charge in [0, 0.05) is 11.9 Å². The smallest absolute Gasteiger partial charge is 0.246 e. The zero-order valence-corrected chi connectivity index (χ0v) is 16.8. The minimum Gasteiger partial charge on any atom is -0.490 e.